The van der Waals surface area contributed by atoms with E-state index in [2.05, 4.69) is 25.7 Å². The van der Waals surface area contributed by atoms with Crippen LogP contribution in [0.4, 0.5) is 23.4 Å². The molecule has 1 atom stereocenters. The van der Waals surface area contributed by atoms with E-state index in [1.807, 2.05) is 0 Å². The summed E-state index contributed by atoms with van der Waals surface area (Å²) in [6, 6.07) is 5.75. The summed E-state index contributed by atoms with van der Waals surface area (Å²) in [5.74, 6) is -2.13. The zero-order valence-corrected chi connectivity index (χ0v) is 18.1. The van der Waals surface area contributed by atoms with Crippen molar-refractivity contribution in [1.82, 2.24) is 29.5 Å². The number of hydrogen-bond acceptors (Lipinski definition) is 6. The minimum absolute atomic E-state index is 0.268. The van der Waals surface area contributed by atoms with Gasteiger partial charge in [0.2, 0.25) is 0 Å². The van der Waals surface area contributed by atoms with Crippen molar-refractivity contribution < 1.29 is 22.3 Å². The van der Waals surface area contributed by atoms with Gasteiger partial charge in [-0.15, -0.1) is 0 Å². The number of nitrogens with zero attached hydrogens (tertiary/aromatic N) is 5. The SMILES string of the molecule is COc1cc2ncc(-c3cccc(N[C@@H]4CCNCC4(F)F)n3)n2cc1-c1cnn(C(F)F)c1. The molecule has 4 aromatic rings. The number of halogens is 4. The second-order valence-electron chi connectivity index (χ2n) is 7.95. The third kappa shape index (κ3) is 4.04. The number of aromatic nitrogens is 5. The minimum atomic E-state index is -2.90. The molecule has 0 unspecified atom stereocenters. The fourth-order valence-corrected chi connectivity index (χ4v) is 4.01. The summed E-state index contributed by atoms with van der Waals surface area (Å²) in [5, 5.41) is 9.25. The number of methoxy groups -OCH3 is 1. The van der Waals surface area contributed by atoms with Gasteiger partial charge in [-0.25, -0.2) is 23.4 Å². The lowest BCUT2D eigenvalue weighted by atomic mass is 10.0. The first-order valence-corrected chi connectivity index (χ1v) is 10.6. The van der Waals surface area contributed by atoms with Gasteiger partial charge in [-0.3, -0.25) is 4.40 Å². The maximum atomic E-state index is 14.2. The van der Waals surface area contributed by atoms with Crippen molar-refractivity contribution in [3.05, 3.63) is 49.1 Å². The van der Waals surface area contributed by atoms with Crippen molar-refractivity contribution in [2.75, 3.05) is 25.5 Å². The van der Waals surface area contributed by atoms with Crippen molar-refractivity contribution in [2.24, 2.45) is 0 Å². The van der Waals surface area contributed by atoms with Crippen LogP contribution in [0.15, 0.2) is 49.1 Å². The number of piperidine rings is 1. The largest absolute Gasteiger partial charge is 0.496 e. The molecule has 0 bridgehead atoms. The Labute approximate surface area is 191 Å². The molecule has 5 heterocycles. The number of pyridine rings is 2. The number of nitrogens with one attached hydrogen (secondary N) is 2. The van der Waals surface area contributed by atoms with Crippen molar-refractivity contribution in [2.45, 2.75) is 24.9 Å². The number of alkyl halides is 4. The van der Waals surface area contributed by atoms with E-state index in [0.29, 0.717) is 51.0 Å². The molecule has 0 spiro atoms. The van der Waals surface area contributed by atoms with Crippen LogP contribution in [0.1, 0.15) is 13.0 Å². The predicted octanol–water partition coefficient (Wildman–Crippen LogP) is 4.07. The Kier molecular flexibility index (Phi) is 5.60. The molecule has 0 radical (unpaired) electrons. The lowest BCUT2D eigenvalue weighted by Crippen LogP contribution is -2.52. The fourth-order valence-electron chi connectivity index (χ4n) is 4.01. The summed E-state index contributed by atoms with van der Waals surface area (Å²) in [6.07, 6.45) is 6.13. The Morgan fingerprint density at radius 3 is 2.82 bits per heavy atom. The van der Waals surface area contributed by atoms with Gasteiger partial charge in [0.1, 0.15) is 17.2 Å². The Hall–Kier alpha value is -3.67. The van der Waals surface area contributed by atoms with Gasteiger partial charge < -0.3 is 15.4 Å². The number of imidazole rings is 1. The van der Waals surface area contributed by atoms with Gasteiger partial charge in [-0.1, -0.05) is 6.07 Å². The van der Waals surface area contributed by atoms with Crippen LogP contribution in [0.25, 0.3) is 28.2 Å². The molecule has 0 saturated carbocycles. The molecule has 4 aromatic heterocycles. The normalized spacial score (nSPS) is 17.9. The molecule has 0 aliphatic carbocycles. The lowest BCUT2D eigenvalue weighted by Gasteiger charge is -2.32. The second kappa shape index (κ2) is 8.60. The third-order valence-corrected chi connectivity index (χ3v) is 5.76. The van der Waals surface area contributed by atoms with E-state index in [1.54, 1.807) is 41.1 Å². The highest BCUT2D eigenvalue weighted by atomic mass is 19.3. The van der Waals surface area contributed by atoms with Crippen molar-refractivity contribution >= 4 is 11.5 Å². The molecule has 34 heavy (non-hydrogen) atoms. The highest BCUT2D eigenvalue weighted by Gasteiger charge is 2.41. The van der Waals surface area contributed by atoms with E-state index in [4.69, 9.17) is 4.74 Å². The Balaban J connectivity index is 1.52. The maximum Gasteiger partial charge on any atom is 0.333 e. The number of hydrogen-bond donors (Lipinski definition) is 2. The van der Waals surface area contributed by atoms with E-state index in [0.717, 1.165) is 0 Å². The van der Waals surface area contributed by atoms with Crippen LogP contribution in [0.3, 0.4) is 0 Å². The monoisotopic (exact) mass is 475 g/mol. The van der Waals surface area contributed by atoms with E-state index in [9.17, 15) is 17.6 Å². The van der Waals surface area contributed by atoms with Crippen LogP contribution >= 0.6 is 0 Å². The fraction of sp³-hybridized carbons (Fsp3) is 0.318. The molecule has 0 aromatic carbocycles. The molecule has 1 aliphatic heterocycles. The number of fused-ring (bicyclic) bond motifs is 1. The van der Waals surface area contributed by atoms with Crippen molar-refractivity contribution in [3.8, 4) is 28.3 Å². The summed E-state index contributed by atoms with van der Waals surface area (Å²) >= 11 is 0. The van der Waals surface area contributed by atoms with E-state index < -0.39 is 18.5 Å². The number of anilines is 1. The summed E-state index contributed by atoms with van der Waals surface area (Å²) in [6.45, 7) is -2.66. The van der Waals surface area contributed by atoms with E-state index in [1.165, 1.54) is 19.5 Å². The van der Waals surface area contributed by atoms with Crippen molar-refractivity contribution in [3.63, 3.8) is 0 Å². The summed E-state index contributed by atoms with van der Waals surface area (Å²) in [7, 11) is 1.48. The summed E-state index contributed by atoms with van der Waals surface area (Å²) in [5.41, 5.74) is 2.62. The van der Waals surface area contributed by atoms with Crippen LogP contribution in [0.5, 0.6) is 5.75 Å². The molecule has 1 aliphatic rings. The maximum absolute atomic E-state index is 14.2. The van der Waals surface area contributed by atoms with Gasteiger partial charge >= 0.3 is 6.55 Å². The average Bonchev–Trinajstić information content (AvgIpc) is 3.47. The first kappa shape index (κ1) is 22.1. The molecule has 1 saturated heterocycles. The molecule has 8 nitrogen and oxygen atoms in total. The van der Waals surface area contributed by atoms with Crippen LogP contribution in [-0.4, -0.2) is 56.3 Å². The number of ether oxygens (including phenoxy) is 1. The Morgan fingerprint density at radius 2 is 2.09 bits per heavy atom. The Bertz CT molecular complexity index is 1320. The van der Waals surface area contributed by atoms with Crippen LogP contribution < -0.4 is 15.4 Å². The van der Waals surface area contributed by atoms with Gasteiger partial charge in [0.25, 0.3) is 5.92 Å². The summed E-state index contributed by atoms with van der Waals surface area (Å²) in [4.78, 5) is 8.92. The first-order chi connectivity index (χ1) is 16.4. The van der Waals surface area contributed by atoms with Crippen molar-refractivity contribution in [1.29, 1.82) is 0 Å². The molecule has 12 heteroatoms. The molecular weight excluding hydrogens is 454 g/mol. The Morgan fingerprint density at radius 1 is 1.24 bits per heavy atom. The molecule has 5 rings (SSSR count). The quantitative estimate of drug-likeness (QED) is 0.409. The highest BCUT2D eigenvalue weighted by Crippen LogP contribution is 2.34. The molecular formula is C22H21F4N7O. The van der Waals surface area contributed by atoms with E-state index in [-0.39, 0.29) is 13.0 Å². The molecule has 178 valence electrons. The zero-order valence-electron chi connectivity index (χ0n) is 18.1. The molecule has 1 fully saturated rings. The standard InChI is InChI=1S/C22H21F4N7O/c1-34-17-7-20-28-9-16(32(20)11-14(17)13-8-29-33(10-13)21(23)24)15-3-2-4-19(30-15)31-18-5-6-27-12-22(18,25)26/h2-4,7-11,18,21,27H,5-6,12H2,1H3,(H,30,31)/t18-/m1/s1. The highest BCUT2D eigenvalue weighted by molar-refractivity contribution is 5.73. The zero-order chi connectivity index (χ0) is 23.9. The van der Waals surface area contributed by atoms with Gasteiger partial charge in [0.05, 0.1) is 43.5 Å². The van der Waals surface area contributed by atoms with Crippen LogP contribution in [0.2, 0.25) is 0 Å². The third-order valence-electron chi connectivity index (χ3n) is 5.76. The topological polar surface area (TPSA) is 81.3 Å². The van der Waals surface area contributed by atoms with Gasteiger partial charge in [-0.2, -0.15) is 13.9 Å². The van der Waals surface area contributed by atoms with Gasteiger partial charge in [0.15, 0.2) is 0 Å². The second-order valence-corrected chi connectivity index (χ2v) is 7.95. The van der Waals surface area contributed by atoms with Crippen LogP contribution in [-0.2, 0) is 0 Å². The molecule has 2 N–H and O–H groups in total. The van der Waals surface area contributed by atoms with Gasteiger partial charge in [0, 0.05) is 29.6 Å². The predicted molar refractivity (Wildman–Crippen MR) is 117 cm³/mol. The lowest BCUT2D eigenvalue weighted by molar-refractivity contribution is -0.0322. The van der Waals surface area contributed by atoms with E-state index >= 15 is 0 Å². The smallest absolute Gasteiger partial charge is 0.333 e. The number of rotatable bonds is 6. The first-order valence-electron chi connectivity index (χ1n) is 10.6. The molecule has 0 amide bonds. The average molecular weight is 475 g/mol. The summed E-state index contributed by atoms with van der Waals surface area (Å²) < 4.78 is 62.2. The minimum Gasteiger partial charge on any atom is -0.496 e. The van der Waals surface area contributed by atoms with Gasteiger partial charge in [-0.05, 0) is 25.1 Å². The van der Waals surface area contributed by atoms with Crippen LogP contribution in [0, 0.1) is 0 Å².